The van der Waals surface area contributed by atoms with Crippen molar-refractivity contribution < 1.29 is 19.0 Å². The van der Waals surface area contributed by atoms with Gasteiger partial charge in [0.15, 0.2) is 11.5 Å². The number of carbonyl (C=O) groups excluding carboxylic acids is 1. The third kappa shape index (κ3) is 3.90. The van der Waals surface area contributed by atoms with Gasteiger partial charge in [-0.05, 0) is 19.1 Å². The SMILES string of the molecule is COc1cccc(C(=O)NCC(C)N2CCOCC2)c1OC. The Balaban J connectivity index is 1.97. The largest absolute Gasteiger partial charge is 0.493 e. The summed E-state index contributed by atoms with van der Waals surface area (Å²) in [6, 6.07) is 5.55. The maximum absolute atomic E-state index is 12.4. The van der Waals surface area contributed by atoms with Crippen molar-refractivity contribution in [2.45, 2.75) is 13.0 Å². The van der Waals surface area contributed by atoms with Gasteiger partial charge < -0.3 is 19.5 Å². The monoisotopic (exact) mass is 308 g/mol. The zero-order chi connectivity index (χ0) is 15.9. The summed E-state index contributed by atoms with van der Waals surface area (Å²) in [5.41, 5.74) is 0.482. The van der Waals surface area contributed by atoms with E-state index in [0.717, 1.165) is 26.3 Å². The average Bonchev–Trinajstić information content (AvgIpc) is 2.59. The van der Waals surface area contributed by atoms with Crippen molar-refractivity contribution in [1.82, 2.24) is 10.2 Å². The minimum Gasteiger partial charge on any atom is -0.493 e. The number of benzene rings is 1. The van der Waals surface area contributed by atoms with Gasteiger partial charge in [0.2, 0.25) is 0 Å². The van der Waals surface area contributed by atoms with Gasteiger partial charge in [-0.3, -0.25) is 9.69 Å². The van der Waals surface area contributed by atoms with Gasteiger partial charge in [-0.25, -0.2) is 0 Å². The van der Waals surface area contributed by atoms with E-state index in [1.54, 1.807) is 25.3 Å². The summed E-state index contributed by atoms with van der Waals surface area (Å²) in [5.74, 6) is 0.855. The molecule has 1 aliphatic heterocycles. The van der Waals surface area contributed by atoms with Crippen LogP contribution in [0.1, 0.15) is 17.3 Å². The van der Waals surface area contributed by atoms with Crippen molar-refractivity contribution >= 4 is 5.91 Å². The minimum atomic E-state index is -0.157. The number of amides is 1. The van der Waals surface area contributed by atoms with Gasteiger partial charge in [0.05, 0.1) is 33.0 Å². The highest BCUT2D eigenvalue weighted by atomic mass is 16.5. The highest BCUT2D eigenvalue weighted by Crippen LogP contribution is 2.30. The molecule has 0 saturated carbocycles. The predicted molar refractivity (Wildman–Crippen MR) is 83.7 cm³/mol. The molecule has 1 amide bonds. The average molecular weight is 308 g/mol. The molecule has 1 fully saturated rings. The van der Waals surface area contributed by atoms with Crippen LogP contribution < -0.4 is 14.8 Å². The van der Waals surface area contributed by atoms with Crippen LogP contribution in [0.15, 0.2) is 18.2 Å². The summed E-state index contributed by atoms with van der Waals surface area (Å²) >= 11 is 0. The van der Waals surface area contributed by atoms with Crippen LogP contribution in [-0.4, -0.2) is 63.9 Å². The van der Waals surface area contributed by atoms with Crippen molar-refractivity contribution in [1.29, 1.82) is 0 Å². The van der Waals surface area contributed by atoms with Crippen molar-refractivity contribution in [2.75, 3.05) is 47.1 Å². The molecule has 0 bridgehead atoms. The number of rotatable bonds is 6. The van der Waals surface area contributed by atoms with E-state index in [-0.39, 0.29) is 11.9 Å². The first kappa shape index (κ1) is 16.6. The second kappa shape index (κ2) is 8.00. The minimum absolute atomic E-state index is 0.157. The number of methoxy groups -OCH3 is 2. The zero-order valence-electron chi connectivity index (χ0n) is 13.4. The van der Waals surface area contributed by atoms with E-state index in [0.29, 0.717) is 23.6 Å². The first-order valence-corrected chi connectivity index (χ1v) is 7.48. The lowest BCUT2D eigenvalue weighted by Crippen LogP contribution is -2.47. The van der Waals surface area contributed by atoms with Gasteiger partial charge in [-0.2, -0.15) is 0 Å². The quantitative estimate of drug-likeness (QED) is 0.854. The number of para-hydroxylation sites is 1. The van der Waals surface area contributed by atoms with Crippen molar-refractivity contribution in [2.24, 2.45) is 0 Å². The van der Waals surface area contributed by atoms with Crippen LogP contribution in [0.5, 0.6) is 11.5 Å². The number of nitrogens with zero attached hydrogens (tertiary/aromatic N) is 1. The van der Waals surface area contributed by atoms with Crippen LogP contribution in [0.2, 0.25) is 0 Å². The molecule has 1 unspecified atom stereocenters. The maximum Gasteiger partial charge on any atom is 0.255 e. The Bertz CT molecular complexity index is 501. The predicted octanol–water partition coefficient (Wildman–Crippen LogP) is 1.15. The Morgan fingerprint density at radius 2 is 2.05 bits per heavy atom. The third-order valence-corrected chi connectivity index (χ3v) is 3.87. The van der Waals surface area contributed by atoms with E-state index in [2.05, 4.69) is 17.1 Å². The van der Waals surface area contributed by atoms with Crippen LogP contribution in [0, 0.1) is 0 Å². The van der Waals surface area contributed by atoms with E-state index < -0.39 is 0 Å². The number of hydrogen-bond acceptors (Lipinski definition) is 5. The Morgan fingerprint density at radius 1 is 1.32 bits per heavy atom. The third-order valence-electron chi connectivity index (χ3n) is 3.87. The van der Waals surface area contributed by atoms with Crippen LogP contribution in [-0.2, 0) is 4.74 Å². The molecule has 1 heterocycles. The van der Waals surface area contributed by atoms with E-state index in [1.165, 1.54) is 7.11 Å². The summed E-state index contributed by atoms with van der Waals surface area (Å²) in [7, 11) is 3.09. The van der Waals surface area contributed by atoms with Gasteiger partial charge in [0, 0.05) is 25.7 Å². The molecule has 1 saturated heterocycles. The fraction of sp³-hybridized carbons (Fsp3) is 0.562. The van der Waals surface area contributed by atoms with E-state index in [4.69, 9.17) is 14.2 Å². The van der Waals surface area contributed by atoms with Crippen LogP contribution in [0.25, 0.3) is 0 Å². The number of morpholine rings is 1. The summed E-state index contributed by atoms with van der Waals surface area (Å²) in [6.07, 6.45) is 0. The van der Waals surface area contributed by atoms with Gasteiger partial charge in [0.1, 0.15) is 0 Å². The zero-order valence-corrected chi connectivity index (χ0v) is 13.4. The number of ether oxygens (including phenoxy) is 3. The number of carbonyl (C=O) groups is 1. The molecule has 6 heteroatoms. The molecule has 2 rings (SSSR count). The molecule has 1 aromatic carbocycles. The molecule has 0 spiro atoms. The lowest BCUT2D eigenvalue weighted by molar-refractivity contribution is 0.0204. The highest BCUT2D eigenvalue weighted by molar-refractivity contribution is 5.97. The maximum atomic E-state index is 12.4. The Kier molecular flexibility index (Phi) is 6.03. The number of hydrogen-bond donors (Lipinski definition) is 1. The van der Waals surface area contributed by atoms with E-state index >= 15 is 0 Å². The molecule has 1 N–H and O–H groups in total. The van der Waals surface area contributed by atoms with Crippen molar-refractivity contribution in [3.8, 4) is 11.5 Å². The van der Waals surface area contributed by atoms with Crippen molar-refractivity contribution in [3.63, 3.8) is 0 Å². The molecule has 0 aromatic heterocycles. The van der Waals surface area contributed by atoms with Gasteiger partial charge in [-0.15, -0.1) is 0 Å². The summed E-state index contributed by atoms with van der Waals surface area (Å²) in [4.78, 5) is 14.7. The topological polar surface area (TPSA) is 60.0 Å². The Hall–Kier alpha value is -1.79. The standard InChI is InChI=1S/C16H24N2O4/c1-12(18-7-9-22-10-8-18)11-17-16(19)13-5-4-6-14(20-2)15(13)21-3/h4-6,12H,7-11H2,1-3H3,(H,17,19). The second-order valence-corrected chi connectivity index (χ2v) is 5.25. The Morgan fingerprint density at radius 3 is 2.68 bits per heavy atom. The lowest BCUT2D eigenvalue weighted by Gasteiger charge is -2.32. The van der Waals surface area contributed by atoms with Crippen LogP contribution >= 0.6 is 0 Å². The molecule has 1 aliphatic rings. The lowest BCUT2D eigenvalue weighted by atomic mass is 10.1. The molecule has 1 atom stereocenters. The van der Waals surface area contributed by atoms with Gasteiger partial charge in [-0.1, -0.05) is 6.07 Å². The molecular weight excluding hydrogens is 284 g/mol. The van der Waals surface area contributed by atoms with E-state index in [9.17, 15) is 4.79 Å². The first-order valence-electron chi connectivity index (χ1n) is 7.48. The molecule has 122 valence electrons. The molecule has 22 heavy (non-hydrogen) atoms. The summed E-state index contributed by atoms with van der Waals surface area (Å²) < 4.78 is 15.9. The van der Waals surface area contributed by atoms with Crippen molar-refractivity contribution in [3.05, 3.63) is 23.8 Å². The second-order valence-electron chi connectivity index (χ2n) is 5.25. The highest BCUT2D eigenvalue weighted by Gasteiger charge is 2.20. The van der Waals surface area contributed by atoms with Crippen LogP contribution in [0.4, 0.5) is 0 Å². The normalized spacial score (nSPS) is 16.9. The molecule has 0 radical (unpaired) electrons. The van der Waals surface area contributed by atoms with Gasteiger partial charge in [0.25, 0.3) is 5.91 Å². The molecule has 0 aliphatic carbocycles. The van der Waals surface area contributed by atoms with Gasteiger partial charge >= 0.3 is 0 Å². The number of nitrogens with one attached hydrogen (secondary N) is 1. The summed E-state index contributed by atoms with van der Waals surface area (Å²) in [6.45, 7) is 6.00. The molecule has 6 nitrogen and oxygen atoms in total. The van der Waals surface area contributed by atoms with Crippen LogP contribution in [0.3, 0.4) is 0 Å². The smallest absolute Gasteiger partial charge is 0.255 e. The Labute approximate surface area is 131 Å². The fourth-order valence-corrected chi connectivity index (χ4v) is 2.55. The fourth-order valence-electron chi connectivity index (χ4n) is 2.55. The first-order chi connectivity index (χ1) is 10.7. The molecule has 1 aromatic rings. The van der Waals surface area contributed by atoms with E-state index in [1.807, 2.05) is 0 Å². The summed E-state index contributed by atoms with van der Waals surface area (Å²) in [5, 5.41) is 2.97. The molecular formula is C16H24N2O4.